The second-order valence-electron chi connectivity index (χ2n) is 6.03. The zero-order chi connectivity index (χ0) is 13.7. The van der Waals surface area contributed by atoms with E-state index in [1.54, 1.807) is 7.11 Å². The van der Waals surface area contributed by atoms with Crippen LogP contribution >= 0.6 is 0 Å². The lowest BCUT2D eigenvalue weighted by atomic mass is 9.93. The van der Waals surface area contributed by atoms with Gasteiger partial charge in [-0.25, -0.2) is 4.79 Å². The van der Waals surface area contributed by atoms with Crippen molar-refractivity contribution in [3.63, 3.8) is 0 Å². The molecule has 2 aliphatic carbocycles. The average molecular weight is 270 g/mol. The van der Waals surface area contributed by atoms with E-state index < -0.39 is 0 Å². The van der Waals surface area contributed by atoms with E-state index in [9.17, 15) is 9.90 Å². The van der Waals surface area contributed by atoms with Crippen LogP contribution in [0.4, 0.5) is 4.79 Å². The van der Waals surface area contributed by atoms with E-state index in [-0.39, 0.29) is 23.6 Å². The summed E-state index contributed by atoms with van der Waals surface area (Å²) in [6.45, 7) is 1.47. The Balaban J connectivity index is 1.67. The fourth-order valence-corrected chi connectivity index (χ4v) is 2.78. The number of nitrogens with one attached hydrogen (secondary N) is 2. The summed E-state index contributed by atoms with van der Waals surface area (Å²) in [5, 5.41) is 15.7. The predicted molar refractivity (Wildman–Crippen MR) is 73.0 cm³/mol. The van der Waals surface area contributed by atoms with E-state index >= 15 is 0 Å². The number of amides is 2. The zero-order valence-electron chi connectivity index (χ0n) is 11.8. The second kappa shape index (κ2) is 6.57. The summed E-state index contributed by atoms with van der Waals surface area (Å²) in [7, 11) is 1.71. The Morgan fingerprint density at radius 1 is 1.37 bits per heavy atom. The number of ether oxygens (including phenoxy) is 1. The van der Waals surface area contributed by atoms with Gasteiger partial charge >= 0.3 is 6.03 Å². The van der Waals surface area contributed by atoms with Crippen LogP contribution in [0.5, 0.6) is 0 Å². The van der Waals surface area contributed by atoms with E-state index in [4.69, 9.17) is 4.74 Å². The molecule has 0 saturated heterocycles. The summed E-state index contributed by atoms with van der Waals surface area (Å²) < 4.78 is 5.10. The first-order chi connectivity index (χ1) is 9.15. The van der Waals surface area contributed by atoms with Crippen molar-refractivity contribution in [2.45, 2.75) is 57.1 Å². The maximum atomic E-state index is 11.8. The number of carbonyl (C=O) groups is 1. The molecule has 2 rings (SSSR count). The number of hydrogen-bond donors (Lipinski definition) is 3. The molecule has 2 amide bonds. The molecule has 2 atom stereocenters. The van der Waals surface area contributed by atoms with Crippen LogP contribution in [0.15, 0.2) is 0 Å². The van der Waals surface area contributed by atoms with Crippen LogP contribution in [0.1, 0.15) is 44.9 Å². The lowest BCUT2D eigenvalue weighted by Crippen LogP contribution is -2.49. The molecule has 5 heteroatoms. The van der Waals surface area contributed by atoms with Gasteiger partial charge < -0.3 is 20.5 Å². The molecule has 0 aliphatic heterocycles. The molecule has 0 radical (unpaired) electrons. The van der Waals surface area contributed by atoms with Crippen LogP contribution in [-0.2, 0) is 4.74 Å². The van der Waals surface area contributed by atoms with Crippen molar-refractivity contribution in [3.05, 3.63) is 0 Å². The Hall–Kier alpha value is -0.810. The molecular weight excluding hydrogens is 244 g/mol. The SMILES string of the molecule is COCCC1(CNC(=O)NC2CCCCC2O)CC1. The summed E-state index contributed by atoms with van der Waals surface area (Å²) in [5.41, 5.74) is 0.262. The van der Waals surface area contributed by atoms with Crippen molar-refractivity contribution in [3.8, 4) is 0 Å². The van der Waals surface area contributed by atoms with Crippen molar-refractivity contribution in [2.24, 2.45) is 5.41 Å². The molecule has 0 heterocycles. The summed E-state index contributed by atoms with van der Waals surface area (Å²) in [6, 6.07) is -0.225. The molecule has 2 unspecified atom stereocenters. The highest BCUT2D eigenvalue weighted by Crippen LogP contribution is 2.48. The molecule has 110 valence electrons. The molecule has 0 bridgehead atoms. The maximum absolute atomic E-state index is 11.8. The third kappa shape index (κ3) is 4.35. The highest BCUT2D eigenvalue weighted by atomic mass is 16.5. The molecule has 0 aromatic carbocycles. The molecule has 2 fully saturated rings. The zero-order valence-corrected chi connectivity index (χ0v) is 11.8. The van der Waals surface area contributed by atoms with Gasteiger partial charge in [-0.3, -0.25) is 0 Å². The van der Waals surface area contributed by atoms with Crippen LogP contribution in [0.25, 0.3) is 0 Å². The fraction of sp³-hybridized carbons (Fsp3) is 0.929. The standard InChI is InChI=1S/C14H26N2O3/c1-19-9-8-14(6-7-14)10-15-13(18)16-11-4-2-3-5-12(11)17/h11-12,17H,2-10H2,1H3,(H2,15,16,18). The molecule has 0 aromatic rings. The number of urea groups is 1. The Labute approximate surface area is 115 Å². The van der Waals surface area contributed by atoms with E-state index in [1.165, 1.54) is 12.8 Å². The quantitative estimate of drug-likeness (QED) is 0.683. The largest absolute Gasteiger partial charge is 0.391 e. The fourth-order valence-electron chi connectivity index (χ4n) is 2.78. The third-order valence-corrected chi connectivity index (χ3v) is 4.46. The molecule has 0 spiro atoms. The van der Waals surface area contributed by atoms with Gasteiger partial charge in [-0.15, -0.1) is 0 Å². The summed E-state index contributed by atoms with van der Waals surface area (Å²) in [5.74, 6) is 0. The van der Waals surface area contributed by atoms with Crippen molar-refractivity contribution >= 4 is 6.03 Å². The van der Waals surface area contributed by atoms with Gasteiger partial charge in [0, 0.05) is 20.3 Å². The molecule has 19 heavy (non-hydrogen) atoms. The number of aliphatic hydroxyl groups is 1. The van der Waals surface area contributed by atoms with Crippen LogP contribution in [0, 0.1) is 5.41 Å². The van der Waals surface area contributed by atoms with Crippen molar-refractivity contribution in [1.29, 1.82) is 0 Å². The van der Waals surface area contributed by atoms with Crippen molar-refractivity contribution in [2.75, 3.05) is 20.3 Å². The van der Waals surface area contributed by atoms with Gasteiger partial charge in [-0.2, -0.15) is 0 Å². The number of methoxy groups -OCH3 is 1. The Morgan fingerprint density at radius 3 is 2.74 bits per heavy atom. The smallest absolute Gasteiger partial charge is 0.315 e. The lowest BCUT2D eigenvalue weighted by Gasteiger charge is -2.28. The number of rotatable bonds is 6. The molecule has 5 nitrogen and oxygen atoms in total. The highest BCUT2D eigenvalue weighted by molar-refractivity contribution is 5.74. The van der Waals surface area contributed by atoms with Crippen LogP contribution in [-0.4, -0.2) is 43.5 Å². The summed E-state index contributed by atoms with van der Waals surface area (Å²) >= 11 is 0. The van der Waals surface area contributed by atoms with Crippen LogP contribution in [0.3, 0.4) is 0 Å². The molecule has 2 aliphatic rings. The Kier molecular flexibility index (Phi) is 5.05. The number of carbonyl (C=O) groups excluding carboxylic acids is 1. The maximum Gasteiger partial charge on any atom is 0.315 e. The molecule has 2 saturated carbocycles. The van der Waals surface area contributed by atoms with E-state index in [0.717, 1.165) is 38.7 Å². The lowest BCUT2D eigenvalue weighted by molar-refractivity contribution is 0.0941. The normalized spacial score (nSPS) is 28.7. The minimum Gasteiger partial charge on any atom is -0.391 e. The first kappa shape index (κ1) is 14.6. The first-order valence-corrected chi connectivity index (χ1v) is 7.37. The average Bonchev–Trinajstić information content (AvgIpc) is 3.18. The van der Waals surface area contributed by atoms with Gasteiger partial charge in [-0.05, 0) is 37.5 Å². The second-order valence-corrected chi connectivity index (χ2v) is 6.03. The van der Waals surface area contributed by atoms with E-state index in [1.807, 2.05) is 0 Å². The van der Waals surface area contributed by atoms with Gasteiger partial charge in [0.2, 0.25) is 0 Å². The van der Waals surface area contributed by atoms with E-state index in [2.05, 4.69) is 10.6 Å². The predicted octanol–water partition coefficient (Wildman–Crippen LogP) is 1.41. The van der Waals surface area contributed by atoms with Gasteiger partial charge in [-0.1, -0.05) is 12.8 Å². The highest BCUT2D eigenvalue weighted by Gasteiger charge is 2.42. The van der Waals surface area contributed by atoms with Crippen LogP contribution in [0.2, 0.25) is 0 Å². The monoisotopic (exact) mass is 270 g/mol. The molecular formula is C14H26N2O3. The van der Waals surface area contributed by atoms with Gasteiger partial charge in [0.25, 0.3) is 0 Å². The first-order valence-electron chi connectivity index (χ1n) is 7.37. The van der Waals surface area contributed by atoms with Crippen molar-refractivity contribution < 1.29 is 14.6 Å². The third-order valence-electron chi connectivity index (χ3n) is 4.46. The number of aliphatic hydroxyl groups excluding tert-OH is 1. The molecule has 0 aromatic heterocycles. The van der Waals surface area contributed by atoms with E-state index in [0.29, 0.717) is 6.54 Å². The Morgan fingerprint density at radius 2 is 2.11 bits per heavy atom. The van der Waals surface area contributed by atoms with Gasteiger partial charge in [0.1, 0.15) is 0 Å². The van der Waals surface area contributed by atoms with Gasteiger partial charge in [0.05, 0.1) is 12.1 Å². The van der Waals surface area contributed by atoms with Crippen LogP contribution < -0.4 is 10.6 Å². The summed E-state index contributed by atoms with van der Waals surface area (Å²) in [4.78, 5) is 11.8. The topological polar surface area (TPSA) is 70.6 Å². The Bertz CT molecular complexity index is 305. The van der Waals surface area contributed by atoms with Gasteiger partial charge in [0.15, 0.2) is 0 Å². The minimum absolute atomic E-state index is 0.0807. The number of hydrogen-bond acceptors (Lipinski definition) is 3. The molecule has 3 N–H and O–H groups in total. The minimum atomic E-state index is -0.386. The van der Waals surface area contributed by atoms with Crippen molar-refractivity contribution in [1.82, 2.24) is 10.6 Å². The summed E-state index contributed by atoms with van der Waals surface area (Å²) in [6.07, 6.45) is 6.77.